The summed E-state index contributed by atoms with van der Waals surface area (Å²) in [5.74, 6) is -0.430. The van der Waals surface area contributed by atoms with Crippen LogP contribution in [0.5, 0.6) is 0 Å². The first-order valence-corrected chi connectivity index (χ1v) is 5.07. The van der Waals surface area contributed by atoms with Crippen LogP contribution < -0.4 is 10.9 Å². The van der Waals surface area contributed by atoms with Crippen molar-refractivity contribution in [3.05, 3.63) is 34.2 Å². The Bertz CT molecular complexity index is 423. The third-order valence-electron chi connectivity index (χ3n) is 2.25. The van der Waals surface area contributed by atoms with E-state index in [1.165, 1.54) is 12.3 Å². The van der Waals surface area contributed by atoms with Crippen LogP contribution in [0.15, 0.2) is 23.1 Å². The number of aromatic amines is 1. The molecule has 0 saturated carbocycles. The zero-order valence-electron chi connectivity index (χ0n) is 9.41. The molecule has 3 N–H and O–H groups in total. The van der Waals surface area contributed by atoms with Crippen molar-refractivity contribution in [3.63, 3.8) is 0 Å². The Labute approximate surface area is 93.5 Å². The molecule has 1 amide bonds. The van der Waals surface area contributed by atoms with Gasteiger partial charge < -0.3 is 15.4 Å². The van der Waals surface area contributed by atoms with Gasteiger partial charge in [-0.05, 0) is 32.4 Å². The predicted octanol–water partition coefficient (Wildman–Crippen LogP) is 0.266. The third kappa shape index (κ3) is 3.20. The summed E-state index contributed by atoms with van der Waals surface area (Å²) >= 11 is 0. The number of rotatable bonds is 4. The van der Waals surface area contributed by atoms with Crippen molar-refractivity contribution >= 4 is 5.91 Å². The highest BCUT2D eigenvalue weighted by molar-refractivity contribution is 5.94. The molecule has 5 heteroatoms. The number of hydrogen-bond donors (Lipinski definition) is 3. The van der Waals surface area contributed by atoms with E-state index < -0.39 is 17.0 Å². The highest BCUT2D eigenvalue weighted by Gasteiger charge is 2.21. The summed E-state index contributed by atoms with van der Waals surface area (Å²) < 4.78 is 0. The first kappa shape index (κ1) is 12.4. The number of aliphatic hydroxyl groups excluding tert-OH is 1. The van der Waals surface area contributed by atoms with Gasteiger partial charge in [-0.25, -0.2) is 0 Å². The topological polar surface area (TPSA) is 82.2 Å². The Morgan fingerprint density at radius 2 is 2.25 bits per heavy atom. The average molecular weight is 224 g/mol. The van der Waals surface area contributed by atoms with Crippen LogP contribution in [0.1, 0.15) is 30.6 Å². The van der Waals surface area contributed by atoms with Crippen molar-refractivity contribution < 1.29 is 9.90 Å². The first-order valence-electron chi connectivity index (χ1n) is 5.07. The molecule has 0 aliphatic carbocycles. The second kappa shape index (κ2) is 4.94. The highest BCUT2D eigenvalue weighted by atomic mass is 16.3. The standard InChI is InChI=1S/C11H16N2O3/c1-11(2,5-7-14)13-10(16)8-4-3-6-12-9(8)15/h3-4,6,14H,5,7H2,1-2H3,(H,12,15)(H,13,16). The number of carbonyl (C=O) groups excluding carboxylic acids is 1. The van der Waals surface area contributed by atoms with E-state index in [4.69, 9.17) is 5.11 Å². The summed E-state index contributed by atoms with van der Waals surface area (Å²) in [4.78, 5) is 25.5. The SMILES string of the molecule is CC(C)(CCO)NC(=O)c1ccc[nH]c1=O. The summed E-state index contributed by atoms with van der Waals surface area (Å²) in [6.45, 7) is 3.56. The lowest BCUT2D eigenvalue weighted by Gasteiger charge is -2.25. The number of carbonyl (C=O) groups is 1. The second-order valence-corrected chi connectivity index (χ2v) is 4.22. The van der Waals surface area contributed by atoms with Crippen LogP contribution in [-0.4, -0.2) is 28.1 Å². The molecule has 0 radical (unpaired) electrons. The molecule has 0 aliphatic heterocycles. The molecule has 1 rings (SSSR count). The van der Waals surface area contributed by atoms with Gasteiger partial charge in [-0.15, -0.1) is 0 Å². The number of H-pyrrole nitrogens is 1. The summed E-state index contributed by atoms with van der Waals surface area (Å²) in [5, 5.41) is 11.5. The van der Waals surface area contributed by atoms with Gasteiger partial charge in [0.05, 0.1) is 0 Å². The van der Waals surface area contributed by atoms with Crippen molar-refractivity contribution in [1.29, 1.82) is 0 Å². The van der Waals surface area contributed by atoms with E-state index in [2.05, 4.69) is 10.3 Å². The molecule has 0 atom stereocenters. The smallest absolute Gasteiger partial charge is 0.260 e. The fourth-order valence-electron chi connectivity index (χ4n) is 1.32. The predicted molar refractivity (Wildman–Crippen MR) is 60.3 cm³/mol. The van der Waals surface area contributed by atoms with Crippen molar-refractivity contribution in [3.8, 4) is 0 Å². The molecule has 0 unspecified atom stereocenters. The quantitative estimate of drug-likeness (QED) is 0.686. The summed E-state index contributed by atoms with van der Waals surface area (Å²) in [5.41, 5.74) is -0.873. The van der Waals surface area contributed by atoms with Gasteiger partial charge in [0, 0.05) is 18.3 Å². The highest BCUT2D eigenvalue weighted by Crippen LogP contribution is 2.07. The minimum Gasteiger partial charge on any atom is -0.396 e. The Hall–Kier alpha value is -1.62. The maximum absolute atomic E-state index is 11.7. The van der Waals surface area contributed by atoms with E-state index >= 15 is 0 Å². The number of aromatic nitrogens is 1. The lowest BCUT2D eigenvalue weighted by Crippen LogP contribution is -2.45. The van der Waals surface area contributed by atoms with Gasteiger partial charge >= 0.3 is 0 Å². The zero-order chi connectivity index (χ0) is 12.2. The maximum atomic E-state index is 11.7. The average Bonchev–Trinajstić information content (AvgIpc) is 2.17. The summed E-state index contributed by atoms with van der Waals surface area (Å²) in [6.07, 6.45) is 1.90. The van der Waals surface area contributed by atoms with Crippen LogP contribution in [-0.2, 0) is 0 Å². The minimum atomic E-state index is -0.534. The van der Waals surface area contributed by atoms with Crippen LogP contribution in [0, 0.1) is 0 Å². The van der Waals surface area contributed by atoms with Crippen LogP contribution in [0.25, 0.3) is 0 Å². The van der Waals surface area contributed by atoms with E-state index in [-0.39, 0.29) is 12.2 Å². The molecule has 0 saturated heterocycles. The summed E-state index contributed by atoms with van der Waals surface area (Å²) in [6, 6.07) is 3.05. The largest absolute Gasteiger partial charge is 0.396 e. The zero-order valence-corrected chi connectivity index (χ0v) is 9.41. The van der Waals surface area contributed by atoms with E-state index in [9.17, 15) is 9.59 Å². The molecule has 0 fully saturated rings. The van der Waals surface area contributed by atoms with Gasteiger partial charge in [-0.1, -0.05) is 0 Å². The van der Waals surface area contributed by atoms with E-state index in [1.54, 1.807) is 19.9 Å². The number of aliphatic hydroxyl groups is 1. The Balaban J connectivity index is 2.81. The van der Waals surface area contributed by atoms with Crippen molar-refractivity contribution in [1.82, 2.24) is 10.3 Å². The molecule has 5 nitrogen and oxygen atoms in total. The van der Waals surface area contributed by atoms with Crippen molar-refractivity contribution in [2.45, 2.75) is 25.8 Å². The van der Waals surface area contributed by atoms with Gasteiger partial charge in [0.25, 0.3) is 11.5 Å². The Morgan fingerprint density at radius 3 is 2.81 bits per heavy atom. The second-order valence-electron chi connectivity index (χ2n) is 4.22. The lowest BCUT2D eigenvalue weighted by molar-refractivity contribution is 0.0898. The molecule has 0 aromatic carbocycles. The van der Waals surface area contributed by atoms with E-state index in [0.717, 1.165) is 0 Å². The number of nitrogens with one attached hydrogen (secondary N) is 2. The van der Waals surface area contributed by atoms with E-state index in [1.807, 2.05) is 0 Å². The minimum absolute atomic E-state index is 0.0154. The van der Waals surface area contributed by atoms with Crippen LogP contribution in [0.3, 0.4) is 0 Å². The third-order valence-corrected chi connectivity index (χ3v) is 2.25. The molecule has 1 heterocycles. The summed E-state index contributed by atoms with van der Waals surface area (Å²) in [7, 11) is 0. The van der Waals surface area contributed by atoms with Gasteiger partial charge in [-0.3, -0.25) is 9.59 Å². The Morgan fingerprint density at radius 1 is 1.56 bits per heavy atom. The van der Waals surface area contributed by atoms with Crippen molar-refractivity contribution in [2.24, 2.45) is 0 Å². The molecule has 0 bridgehead atoms. The monoisotopic (exact) mass is 224 g/mol. The fraction of sp³-hybridized carbons (Fsp3) is 0.455. The molecule has 1 aromatic rings. The first-order chi connectivity index (χ1) is 7.46. The Kier molecular flexibility index (Phi) is 3.84. The maximum Gasteiger partial charge on any atom is 0.260 e. The van der Waals surface area contributed by atoms with Crippen molar-refractivity contribution in [2.75, 3.05) is 6.61 Å². The molecule has 16 heavy (non-hydrogen) atoms. The van der Waals surface area contributed by atoms with Crippen LogP contribution in [0.2, 0.25) is 0 Å². The molecule has 1 aromatic heterocycles. The van der Waals surface area contributed by atoms with Crippen LogP contribution >= 0.6 is 0 Å². The van der Waals surface area contributed by atoms with Gasteiger partial charge in [-0.2, -0.15) is 0 Å². The van der Waals surface area contributed by atoms with Gasteiger partial charge in [0.1, 0.15) is 5.56 Å². The van der Waals surface area contributed by atoms with Gasteiger partial charge in [0.2, 0.25) is 0 Å². The number of amides is 1. The molecular weight excluding hydrogens is 208 g/mol. The number of hydrogen-bond acceptors (Lipinski definition) is 3. The van der Waals surface area contributed by atoms with E-state index in [0.29, 0.717) is 6.42 Å². The molecular formula is C11H16N2O3. The fourth-order valence-corrected chi connectivity index (χ4v) is 1.32. The lowest BCUT2D eigenvalue weighted by atomic mass is 10.0. The number of pyridine rings is 1. The molecule has 0 spiro atoms. The molecule has 0 aliphatic rings. The van der Waals surface area contributed by atoms with Crippen LogP contribution in [0.4, 0.5) is 0 Å². The normalized spacial score (nSPS) is 11.2. The van der Waals surface area contributed by atoms with Gasteiger partial charge in [0.15, 0.2) is 0 Å². The molecule has 88 valence electrons.